The van der Waals surface area contributed by atoms with Gasteiger partial charge in [0.1, 0.15) is 11.6 Å². The summed E-state index contributed by atoms with van der Waals surface area (Å²) in [6, 6.07) is 10.2. The van der Waals surface area contributed by atoms with E-state index in [1.165, 1.54) is 16.9 Å². The molecule has 6 nitrogen and oxygen atoms in total. The molecule has 1 atom stereocenters. The van der Waals surface area contributed by atoms with E-state index in [1.807, 2.05) is 45.2 Å². The van der Waals surface area contributed by atoms with Crippen molar-refractivity contribution < 1.29 is 4.79 Å². The van der Waals surface area contributed by atoms with E-state index in [2.05, 4.69) is 32.5 Å². The number of aromatic nitrogens is 4. The lowest BCUT2D eigenvalue weighted by Crippen LogP contribution is -2.25. The number of nitrogens with zero attached hydrogens (tertiary/aromatic N) is 4. The molecule has 2 heterocycles. The summed E-state index contributed by atoms with van der Waals surface area (Å²) in [4.78, 5) is 22.1. The maximum absolute atomic E-state index is 12.4. The van der Waals surface area contributed by atoms with E-state index in [0.29, 0.717) is 11.7 Å². The third-order valence-electron chi connectivity index (χ3n) is 3.86. The van der Waals surface area contributed by atoms with E-state index in [0.717, 1.165) is 22.9 Å². The van der Waals surface area contributed by atoms with Gasteiger partial charge in [0.2, 0.25) is 5.91 Å². The molecule has 3 aromatic rings. The van der Waals surface area contributed by atoms with Crippen molar-refractivity contribution in [3.63, 3.8) is 0 Å². The third kappa shape index (κ3) is 4.51. The number of aryl methyl sites for hydroxylation is 2. The third-order valence-corrected chi connectivity index (χ3v) is 4.77. The molecule has 3 rings (SSSR count). The second kappa shape index (κ2) is 7.57. The van der Waals surface area contributed by atoms with Gasteiger partial charge in [-0.05, 0) is 19.4 Å². The van der Waals surface area contributed by atoms with Crippen molar-refractivity contribution in [1.29, 1.82) is 0 Å². The minimum atomic E-state index is -0.221. The highest BCUT2D eigenvalue weighted by molar-refractivity contribution is 7.15. The van der Waals surface area contributed by atoms with E-state index in [-0.39, 0.29) is 11.8 Å². The molecule has 25 heavy (non-hydrogen) atoms. The van der Waals surface area contributed by atoms with Gasteiger partial charge in [-0.25, -0.2) is 14.6 Å². The van der Waals surface area contributed by atoms with Crippen LogP contribution in [0.4, 0.5) is 5.13 Å². The number of nitrogens with one attached hydrogen (secondary N) is 1. The van der Waals surface area contributed by atoms with Crippen LogP contribution in [0.3, 0.4) is 0 Å². The number of rotatable bonds is 6. The van der Waals surface area contributed by atoms with Crippen molar-refractivity contribution in [1.82, 2.24) is 19.7 Å². The fourth-order valence-electron chi connectivity index (χ4n) is 2.55. The van der Waals surface area contributed by atoms with Gasteiger partial charge < -0.3 is 5.32 Å². The maximum atomic E-state index is 12.4. The molecule has 0 aliphatic heterocycles. The average molecular weight is 355 g/mol. The Balaban J connectivity index is 1.58. The summed E-state index contributed by atoms with van der Waals surface area (Å²) in [6.45, 7) is 6.12. The van der Waals surface area contributed by atoms with E-state index in [9.17, 15) is 4.79 Å². The van der Waals surface area contributed by atoms with Gasteiger partial charge in [-0.2, -0.15) is 5.10 Å². The second-order valence-electron chi connectivity index (χ2n) is 6.07. The summed E-state index contributed by atoms with van der Waals surface area (Å²) in [5.41, 5.74) is 1.23. The monoisotopic (exact) mass is 355 g/mol. The standard InChI is InChI=1S/C18H21N5OS/c1-12(11-23-14(3)20-13(2)22-23)17(24)21-18-19-10-16(25-18)9-15-7-5-4-6-8-15/h4-8,10,12H,9,11H2,1-3H3,(H,19,21,24)/t12-/m0/s1. The Bertz CT molecular complexity index is 855. The largest absolute Gasteiger partial charge is 0.302 e. The Morgan fingerprint density at radius 2 is 2.04 bits per heavy atom. The quantitative estimate of drug-likeness (QED) is 0.737. The molecule has 0 aliphatic carbocycles. The van der Waals surface area contributed by atoms with Crippen LogP contribution in [0.2, 0.25) is 0 Å². The highest BCUT2D eigenvalue weighted by Crippen LogP contribution is 2.21. The molecule has 0 saturated heterocycles. The van der Waals surface area contributed by atoms with Crippen LogP contribution >= 0.6 is 11.3 Å². The minimum Gasteiger partial charge on any atom is -0.302 e. The SMILES string of the molecule is Cc1nc(C)n(C[C@H](C)C(=O)Nc2ncc(Cc3ccccc3)s2)n1. The first kappa shape index (κ1) is 17.3. The van der Waals surface area contributed by atoms with Gasteiger partial charge in [-0.3, -0.25) is 4.79 Å². The van der Waals surface area contributed by atoms with Crippen molar-refractivity contribution in [3.8, 4) is 0 Å². The molecule has 2 aromatic heterocycles. The number of thiazole rings is 1. The van der Waals surface area contributed by atoms with Crippen LogP contribution in [0.25, 0.3) is 0 Å². The second-order valence-corrected chi connectivity index (χ2v) is 7.19. The molecule has 1 aromatic carbocycles. The van der Waals surface area contributed by atoms with Gasteiger partial charge in [0, 0.05) is 17.5 Å². The number of carbonyl (C=O) groups is 1. The Hall–Kier alpha value is -2.54. The fraction of sp³-hybridized carbons (Fsp3) is 0.333. The zero-order valence-corrected chi connectivity index (χ0v) is 15.4. The topological polar surface area (TPSA) is 72.7 Å². The molecular formula is C18H21N5OS. The molecule has 0 saturated carbocycles. The minimum absolute atomic E-state index is 0.0619. The highest BCUT2D eigenvalue weighted by atomic mass is 32.1. The van der Waals surface area contributed by atoms with E-state index < -0.39 is 0 Å². The Morgan fingerprint density at radius 1 is 1.28 bits per heavy atom. The zero-order valence-electron chi connectivity index (χ0n) is 14.6. The first-order chi connectivity index (χ1) is 12.0. The van der Waals surface area contributed by atoms with E-state index >= 15 is 0 Å². The molecule has 1 amide bonds. The Labute approximate surface area is 150 Å². The van der Waals surface area contributed by atoms with Crippen molar-refractivity contribution in [2.24, 2.45) is 5.92 Å². The van der Waals surface area contributed by atoms with Crippen LogP contribution in [-0.2, 0) is 17.8 Å². The van der Waals surface area contributed by atoms with E-state index in [4.69, 9.17) is 0 Å². The normalized spacial score (nSPS) is 12.1. The summed E-state index contributed by atoms with van der Waals surface area (Å²) in [5.74, 6) is 1.25. The summed E-state index contributed by atoms with van der Waals surface area (Å²) in [7, 11) is 0. The molecular weight excluding hydrogens is 334 g/mol. The number of hydrogen-bond acceptors (Lipinski definition) is 5. The number of anilines is 1. The van der Waals surface area contributed by atoms with Gasteiger partial charge in [-0.15, -0.1) is 11.3 Å². The predicted molar refractivity (Wildman–Crippen MR) is 98.7 cm³/mol. The molecule has 1 N–H and O–H groups in total. The smallest absolute Gasteiger partial charge is 0.230 e. The molecule has 130 valence electrons. The molecule has 0 spiro atoms. The molecule has 0 radical (unpaired) electrons. The molecule has 0 fully saturated rings. The van der Waals surface area contributed by atoms with Gasteiger partial charge in [-0.1, -0.05) is 37.3 Å². The lowest BCUT2D eigenvalue weighted by Gasteiger charge is -2.11. The van der Waals surface area contributed by atoms with Crippen LogP contribution < -0.4 is 5.32 Å². The first-order valence-electron chi connectivity index (χ1n) is 8.19. The fourth-order valence-corrected chi connectivity index (χ4v) is 3.40. The van der Waals surface area contributed by atoms with Crippen LogP contribution in [0.5, 0.6) is 0 Å². The van der Waals surface area contributed by atoms with Crippen molar-refractivity contribution in [3.05, 3.63) is 58.6 Å². The van der Waals surface area contributed by atoms with Crippen LogP contribution in [0, 0.1) is 19.8 Å². The molecule has 0 unspecified atom stereocenters. The summed E-state index contributed by atoms with van der Waals surface area (Å²) in [6.07, 6.45) is 2.64. The van der Waals surface area contributed by atoms with E-state index in [1.54, 1.807) is 4.68 Å². The maximum Gasteiger partial charge on any atom is 0.230 e. The van der Waals surface area contributed by atoms with Crippen molar-refractivity contribution in [2.75, 3.05) is 5.32 Å². The lowest BCUT2D eigenvalue weighted by atomic mass is 10.1. The van der Waals surface area contributed by atoms with Gasteiger partial charge in [0.25, 0.3) is 0 Å². The molecule has 0 aliphatic rings. The number of benzene rings is 1. The van der Waals surface area contributed by atoms with Crippen LogP contribution in [-0.4, -0.2) is 25.7 Å². The Kier molecular flexibility index (Phi) is 5.23. The highest BCUT2D eigenvalue weighted by Gasteiger charge is 2.17. The molecule has 7 heteroatoms. The number of amides is 1. The van der Waals surface area contributed by atoms with Gasteiger partial charge >= 0.3 is 0 Å². The number of hydrogen-bond donors (Lipinski definition) is 1. The zero-order chi connectivity index (χ0) is 17.8. The van der Waals surface area contributed by atoms with Crippen molar-refractivity contribution in [2.45, 2.75) is 33.7 Å². The van der Waals surface area contributed by atoms with Gasteiger partial charge in [0.15, 0.2) is 5.13 Å². The first-order valence-corrected chi connectivity index (χ1v) is 9.00. The van der Waals surface area contributed by atoms with Crippen molar-refractivity contribution >= 4 is 22.4 Å². The Morgan fingerprint density at radius 3 is 2.72 bits per heavy atom. The average Bonchev–Trinajstić information content (AvgIpc) is 3.14. The predicted octanol–water partition coefficient (Wildman–Crippen LogP) is 3.22. The lowest BCUT2D eigenvalue weighted by molar-refractivity contribution is -0.119. The van der Waals surface area contributed by atoms with Crippen LogP contribution in [0.15, 0.2) is 36.5 Å². The van der Waals surface area contributed by atoms with Gasteiger partial charge in [0.05, 0.1) is 12.5 Å². The van der Waals surface area contributed by atoms with Crippen LogP contribution in [0.1, 0.15) is 29.0 Å². The summed E-state index contributed by atoms with van der Waals surface area (Å²) >= 11 is 1.51. The molecule has 0 bridgehead atoms. The number of carbonyl (C=O) groups excluding carboxylic acids is 1. The summed E-state index contributed by atoms with van der Waals surface area (Å²) < 4.78 is 1.77. The summed E-state index contributed by atoms with van der Waals surface area (Å²) in [5, 5.41) is 7.84.